The van der Waals surface area contributed by atoms with Gasteiger partial charge in [-0.15, -0.1) is 0 Å². The molecule has 0 radical (unpaired) electrons. The van der Waals surface area contributed by atoms with Crippen molar-refractivity contribution in [2.75, 3.05) is 29.0 Å². The highest BCUT2D eigenvalue weighted by atomic mass is 32.2. The Bertz CT molecular complexity index is 1300. The van der Waals surface area contributed by atoms with Crippen LogP contribution >= 0.6 is 0 Å². The first-order chi connectivity index (χ1) is 14.2. The van der Waals surface area contributed by atoms with Crippen LogP contribution in [0.1, 0.15) is 25.7 Å². The summed E-state index contributed by atoms with van der Waals surface area (Å²) in [4.78, 5) is 18.0. The molecule has 2 N–H and O–H groups in total. The predicted molar refractivity (Wildman–Crippen MR) is 121 cm³/mol. The Morgan fingerprint density at radius 1 is 1.13 bits per heavy atom. The van der Waals surface area contributed by atoms with Crippen molar-refractivity contribution < 1.29 is 8.42 Å². The lowest BCUT2D eigenvalue weighted by Gasteiger charge is -2.36. The Kier molecular flexibility index (Phi) is 4.25. The van der Waals surface area contributed by atoms with E-state index >= 15 is 0 Å². The van der Waals surface area contributed by atoms with Gasteiger partial charge in [-0.2, -0.15) is 0 Å². The molecule has 0 bridgehead atoms. The van der Waals surface area contributed by atoms with Crippen molar-refractivity contribution in [3.63, 3.8) is 0 Å². The maximum atomic E-state index is 12.5. The smallest absolute Gasteiger partial charge is 0.274 e. The number of aromatic nitrogens is 2. The molecule has 0 atom stereocenters. The van der Waals surface area contributed by atoms with Gasteiger partial charge < -0.3 is 14.5 Å². The molecule has 1 spiro atoms. The van der Waals surface area contributed by atoms with Crippen LogP contribution in [0.5, 0.6) is 0 Å². The molecule has 2 aromatic heterocycles. The van der Waals surface area contributed by atoms with Gasteiger partial charge >= 0.3 is 0 Å². The highest BCUT2D eigenvalue weighted by molar-refractivity contribution is 7.92. The summed E-state index contributed by atoms with van der Waals surface area (Å²) in [5, 5.41) is 0.842. The van der Waals surface area contributed by atoms with Crippen LogP contribution in [-0.2, 0) is 17.1 Å². The fraction of sp³-hybridized carbons (Fsp3) is 0.409. The molecule has 158 valence electrons. The van der Waals surface area contributed by atoms with Crippen LogP contribution in [0, 0.1) is 5.41 Å². The van der Waals surface area contributed by atoms with Crippen molar-refractivity contribution in [2.24, 2.45) is 12.5 Å². The summed E-state index contributed by atoms with van der Waals surface area (Å²) in [6.07, 6.45) is 9.79. The predicted octanol–water partition coefficient (Wildman–Crippen LogP) is 3.29. The van der Waals surface area contributed by atoms with Gasteiger partial charge in [-0.1, -0.05) is 0 Å². The highest BCUT2D eigenvalue weighted by Crippen LogP contribution is 2.53. The van der Waals surface area contributed by atoms with Crippen LogP contribution in [0.2, 0.25) is 0 Å². The molecule has 1 aromatic carbocycles. The molecule has 7 nitrogen and oxygen atoms in total. The Hall–Kier alpha value is -2.74. The van der Waals surface area contributed by atoms with Gasteiger partial charge in [0.05, 0.1) is 6.26 Å². The first-order valence-electron chi connectivity index (χ1n) is 10.3. The summed E-state index contributed by atoms with van der Waals surface area (Å²) < 4.78 is 27.8. The summed E-state index contributed by atoms with van der Waals surface area (Å²) in [7, 11) is -1.65. The number of sulfonamides is 1. The third kappa shape index (κ3) is 3.39. The lowest BCUT2D eigenvalue weighted by atomic mass is 9.93. The summed E-state index contributed by atoms with van der Waals surface area (Å²) in [5.74, 6) is 0. The van der Waals surface area contributed by atoms with Gasteiger partial charge in [-0.25, -0.2) is 8.42 Å². The standard InChI is InChI=1S/C22H26N4O3S/c1-25-13-18(16-6-10-23-20(16)21(25)27)17-12-15(24-30(2,28)29)4-5-19(17)26-11-3-7-22(14-26)8-9-22/h4-6,10,12-13,23-24H,3,7-9,11,14H2,1-2H3. The molecule has 3 aromatic rings. The van der Waals surface area contributed by atoms with E-state index in [0.29, 0.717) is 16.6 Å². The second-order valence-corrected chi connectivity index (χ2v) is 10.6. The number of piperidine rings is 1. The third-order valence-corrected chi connectivity index (χ3v) is 7.05. The molecular formula is C22H26N4O3S. The van der Waals surface area contributed by atoms with Gasteiger partial charge in [0.1, 0.15) is 5.52 Å². The van der Waals surface area contributed by atoms with E-state index in [1.165, 1.54) is 19.3 Å². The average molecular weight is 427 g/mol. The second kappa shape index (κ2) is 6.63. The minimum absolute atomic E-state index is 0.0828. The van der Waals surface area contributed by atoms with E-state index in [4.69, 9.17) is 0 Å². The quantitative estimate of drug-likeness (QED) is 0.670. The van der Waals surface area contributed by atoms with Gasteiger partial charge in [-0.3, -0.25) is 9.52 Å². The van der Waals surface area contributed by atoms with E-state index in [1.54, 1.807) is 17.8 Å². The number of aryl methyl sites for hydroxylation is 1. The average Bonchev–Trinajstić information content (AvgIpc) is 3.23. The number of rotatable bonds is 4. The zero-order valence-corrected chi connectivity index (χ0v) is 18.1. The van der Waals surface area contributed by atoms with E-state index in [0.717, 1.165) is 48.0 Å². The molecule has 1 saturated heterocycles. The molecule has 1 aliphatic heterocycles. The van der Waals surface area contributed by atoms with Crippen LogP contribution in [0.25, 0.3) is 22.0 Å². The van der Waals surface area contributed by atoms with E-state index in [1.807, 2.05) is 30.5 Å². The Labute approximate surface area is 175 Å². The van der Waals surface area contributed by atoms with E-state index in [9.17, 15) is 13.2 Å². The largest absolute Gasteiger partial charge is 0.370 e. The number of anilines is 2. The molecule has 2 fully saturated rings. The molecule has 0 unspecified atom stereocenters. The number of pyridine rings is 1. The number of H-pyrrole nitrogens is 1. The van der Waals surface area contributed by atoms with Crippen molar-refractivity contribution in [1.29, 1.82) is 0 Å². The van der Waals surface area contributed by atoms with E-state index in [2.05, 4.69) is 14.6 Å². The maximum Gasteiger partial charge on any atom is 0.274 e. The summed E-state index contributed by atoms with van der Waals surface area (Å²) in [5.41, 5.74) is 4.37. The molecule has 30 heavy (non-hydrogen) atoms. The van der Waals surface area contributed by atoms with Crippen LogP contribution < -0.4 is 15.2 Å². The Balaban J connectivity index is 1.70. The minimum atomic E-state index is -3.39. The van der Waals surface area contributed by atoms with Gasteiger partial charge in [0, 0.05) is 60.4 Å². The molecule has 3 heterocycles. The number of fused-ring (bicyclic) bond motifs is 1. The fourth-order valence-electron chi connectivity index (χ4n) is 4.79. The Morgan fingerprint density at radius 3 is 2.67 bits per heavy atom. The molecule has 0 amide bonds. The van der Waals surface area contributed by atoms with Crippen LogP contribution in [0.3, 0.4) is 0 Å². The van der Waals surface area contributed by atoms with E-state index < -0.39 is 10.0 Å². The van der Waals surface area contributed by atoms with Gasteiger partial charge in [0.15, 0.2) is 0 Å². The highest BCUT2D eigenvalue weighted by Gasteiger charge is 2.45. The molecule has 5 rings (SSSR count). The van der Waals surface area contributed by atoms with Crippen molar-refractivity contribution >= 4 is 32.3 Å². The fourth-order valence-corrected chi connectivity index (χ4v) is 5.34. The minimum Gasteiger partial charge on any atom is -0.370 e. The number of hydrogen-bond acceptors (Lipinski definition) is 4. The third-order valence-electron chi connectivity index (χ3n) is 6.44. The molecule has 1 aliphatic carbocycles. The maximum absolute atomic E-state index is 12.5. The van der Waals surface area contributed by atoms with Crippen molar-refractivity contribution in [1.82, 2.24) is 9.55 Å². The van der Waals surface area contributed by atoms with Gasteiger partial charge in [0.25, 0.3) is 5.56 Å². The van der Waals surface area contributed by atoms with Crippen LogP contribution in [0.15, 0.2) is 41.5 Å². The van der Waals surface area contributed by atoms with Crippen LogP contribution in [0.4, 0.5) is 11.4 Å². The lowest BCUT2D eigenvalue weighted by Crippen LogP contribution is -2.36. The van der Waals surface area contributed by atoms with E-state index in [-0.39, 0.29) is 5.56 Å². The molecule has 8 heteroatoms. The van der Waals surface area contributed by atoms with Crippen molar-refractivity contribution in [3.8, 4) is 11.1 Å². The number of hydrogen-bond donors (Lipinski definition) is 2. The second-order valence-electron chi connectivity index (χ2n) is 8.86. The SMILES string of the molecule is Cn1cc(-c2cc(NS(C)(=O)=O)ccc2N2CCCC3(CC3)C2)c2cc[nH]c2c1=O. The summed E-state index contributed by atoms with van der Waals surface area (Å²) >= 11 is 0. The van der Waals surface area contributed by atoms with Crippen LogP contribution in [-0.4, -0.2) is 37.3 Å². The zero-order chi connectivity index (χ0) is 21.1. The molecule has 2 aliphatic rings. The monoisotopic (exact) mass is 426 g/mol. The molecule has 1 saturated carbocycles. The first kappa shape index (κ1) is 19.2. The number of nitrogens with zero attached hydrogens (tertiary/aromatic N) is 2. The van der Waals surface area contributed by atoms with Gasteiger partial charge in [-0.05, 0) is 55.4 Å². The Morgan fingerprint density at radius 2 is 1.93 bits per heavy atom. The van der Waals surface area contributed by atoms with Gasteiger partial charge in [0.2, 0.25) is 10.0 Å². The molecular weight excluding hydrogens is 400 g/mol. The number of aromatic amines is 1. The van der Waals surface area contributed by atoms with Crippen molar-refractivity contribution in [2.45, 2.75) is 25.7 Å². The summed E-state index contributed by atoms with van der Waals surface area (Å²) in [6.45, 7) is 2.01. The number of benzene rings is 1. The first-order valence-corrected chi connectivity index (χ1v) is 12.2. The topological polar surface area (TPSA) is 87.2 Å². The zero-order valence-electron chi connectivity index (χ0n) is 17.2. The van der Waals surface area contributed by atoms with Crippen molar-refractivity contribution in [3.05, 3.63) is 47.0 Å². The summed E-state index contributed by atoms with van der Waals surface area (Å²) in [6, 6.07) is 7.63. The number of nitrogens with one attached hydrogen (secondary N) is 2. The normalized spacial score (nSPS) is 18.1. The lowest BCUT2D eigenvalue weighted by molar-refractivity contribution is 0.395.